The summed E-state index contributed by atoms with van der Waals surface area (Å²) in [6.45, 7) is 2.58. The van der Waals surface area contributed by atoms with Crippen LogP contribution < -0.4 is 9.46 Å². The zero-order chi connectivity index (χ0) is 16.3. The van der Waals surface area contributed by atoms with Gasteiger partial charge in [-0.25, -0.2) is 13.1 Å². The molecule has 1 aromatic carbocycles. The number of ether oxygens (including phenoxy) is 1. The number of nitrogens with one attached hydrogen (secondary N) is 1. The van der Waals surface area contributed by atoms with Crippen molar-refractivity contribution in [3.63, 3.8) is 0 Å². The molecule has 0 radical (unpaired) electrons. The van der Waals surface area contributed by atoms with Crippen LogP contribution in [0, 0.1) is 0 Å². The first-order valence-corrected chi connectivity index (χ1v) is 7.51. The predicted molar refractivity (Wildman–Crippen MR) is 69.2 cm³/mol. The number of hydrogen-bond acceptors (Lipinski definition) is 4. The van der Waals surface area contributed by atoms with E-state index in [2.05, 4.69) is 9.46 Å². The van der Waals surface area contributed by atoms with Crippen molar-refractivity contribution in [1.82, 2.24) is 4.72 Å². The summed E-state index contributed by atoms with van der Waals surface area (Å²) in [5.41, 5.74) is -1.18. The van der Waals surface area contributed by atoms with E-state index in [1.54, 1.807) is 6.92 Å². The Morgan fingerprint density at radius 2 is 1.86 bits per heavy atom. The second-order valence-electron chi connectivity index (χ2n) is 4.67. The first-order valence-electron chi connectivity index (χ1n) is 6.02. The molecule has 1 atom stereocenters. The van der Waals surface area contributed by atoms with Gasteiger partial charge >= 0.3 is 6.36 Å². The first kappa shape index (κ1) is 17.7. The maximum Gasteiger partial charge on any atom is 0.573 e. The number of aliphatic hydroxyl groups excluding tert-OH is 1. The molecule has 1 rings (SSSR count). The van der Waals surface area contributed by atoms with Gasteiger partial charge in [0.2, 0.25) is 10.0 Å². The average Bonchev–Trinajstić information content (AvgIpc) is 2.36. The highest BCUT2D eigenvalue weighted by molar-refractivity contribution is 7.89. The fraction of sp³-hybridized carbons (Fsp3) is 0.500. The van der Waals surface area contributed by atoms with Gasteiger partial charge < -0.3 is 9.84 Å². The van der Waals surface area contributed by atoms with Crippen LogP contribution in [0.2, 0.25) is 0 Å². The summed E-state index contributed by atoms with van der Waals surface area (Å²) in [5, 5.41) is 9.21. The molecule has 0 amide bonds. The van der Waals surface area contributed by atoms with Gasteiger partial charge in [-0.15, -0.1) is 13.2 Å². The molecule has 2 N–H and O–H groups in total. The fourth-order valence-electron chi connectivity index (χ4n) is 1.48. The number of rotatable bonds is 6. The number of halogens is 3. The summed E-state index contributed by atoms with van der Waals surface area (Å²) in [4.78, 5) is -0.643. The lowest BCUT2D eigenvalue weighted by molar-refractivity contribution is -0.275. The topological polar surface area (TPSA) is 75.6 Å². The Bertz CT molecular complexity index is 582. The van der Waals surface area contributed by atoms with Crippen molar-refractivity contribution in [1.29, 1.82) is 0 Å². The number of alkyl halides is 3. The van der Waals surface area contributed by atoms with Gasteiger partial charge in [0.15, 0.2) is 0 Å². The second kappa shape index (κ2) is 6.20. The van der Waals surface area contributed by atoms with E-state index in [1.807, 2.05) is 0 Å². The Hall–Kier alpha value is -1.32. The van der Waals surface area contributed by atoms with Crippen LogP contribution in [0.25, 0.3) is 0 Å². The van der Waals surface area contributed by atoms with Gasteiger partial charge in [0.05, 0.1) is 12.1 Å². The van der Waals surface area contributed by atoms with E-state index in [-0.39, 0.29) is 6.42 Å². The average molecular weight is 327 g/mol. The molecule has 1 aromatic rings. The van der Waals surface area contributed by atoms with Gasteiger partial charge in [0.1, 0.15) is 10.6 Å². The number of hydrogen-bond donors (Lipinski definition) is 2. The van der Waals surface area contributed by atoms with E-state index in [9.17, 15) is 26.7 Å². The van der Waals surface area contributed by atoms with Crippen LogP contribution in [0.3, 0.4) is 0 Å². The highest BCUT2D eigenvalue weighted by Gasteiger charge is 2.35. The molecular formula is C12H16F3NO4S. The summed E-state index contributed by atoms with van der Waals surface area (Å²) in [5.74, 6) is -0.825. The van der Waals surface area contributed by atoms with Crippen molar-refractivity contribution in [3.8, 4) is 5.75 Å². The van der Waals surface area contributed by atoms with Gasteiger partial charge in [-0.3, -0.25) is 0 Å². The zero-order valence-corrected chi connectivity index (χ0v) is 12.3. The summed E-state index contributed by atoms with van der Waals surface area (Å²) in [7, 11) is -4.28. The van der Waals surface area contributed by atoms with Gasteiger partial charge in [-0.1, -0.05) is 19.1 Å². The quantitative estimate of drug-likeness (QED) is 0.838. The Morgan fingerprint density at radius 3 is 2.33 bits per heavy atom. The maximum atomic E-state index is 12.3. The van der Waals surface area contributed by atoms with Crippen molar-refractivity contribution in [2.24, 2.45) is 0 Å². The minimum absolute atomic E-state index is 0.255. The summed E-state index contributed by atoms with van der Waals surface area (Å²) < 4.78 is 67.2. The van der Waals surface area contributed by atoms with Crippen molar-refractivity contribution >= 4 is 10.0 Å². The third-order valence-corrected chi connectivity index (χ3v) is 4.55. The molecule has 21 heavy (non-hydrogen) atoms. The second-order valence-corrected chi connectivity index (χ2v) is 6.32. The molecule has 0 bridgehead atoms. The Morgan fingerprint density at radius 1 is 1.29 bits per heavy atom. The van der Waals surface area contributed by atoms with E-state index in [0.29, 0.717) is 0 Å². The number of para-hydroxylation sites is 1. The van der Waals surface area contributed by atoms with Crippen LogP contribution in [0.5, 0.6) is 5.75 Å². The molecule has 120 valence electrons. The first-order chi connectivity index (χ1) is 9.53. The minimum atomic E-state index is -5.00. The van der Waals surface area contributed by atoms with Crippen LogP contribution in [0.4, 0.5) is 13.2 Å². The van der Waals surface area contributed by atoms with Crippen LogP contribution in [-0.4, -0.2) is 32.0 Å². The normalized spacial score (nSPS) is 15.5. The molecule has 0 spiro atoms. The standard InChI is InChI=1S/C12H16F3NO4S/c1-3-11(2,8-17)16-21(18,19)10-7-5-4-6-9(10)20-12(13,14)15/h4-7,16-17H,3,8H2,1-2H3. The lowest BCUT2D eigenvalue weighted by Crippen LogP contribution is -2.48. The highest BCUT2D eigenvalue weighted by Crippen LogP contribution is 2.30. The third-order valence-electron chi connectivity index (χ3n) is 2.87. The maximum absolute atomic E-state index is 12.3. The molecule has 0 aromatic heterocycles. The fourth-order valence-corrected chi connectivity index (χ4v) is 3.08. The van der Waals surface area contributed by atoms with E-state index < -0.39 is 39.2 Å². The van der Waals surface area contributed by atoms with E-state index in [4.69, 9.17) is 0 Å². The molecule has 0 aliphatic rings. The lowest BCUT2D eigenvalue weighted by Gasteiger charge is -2.27. The molecule has 0 heterocycles. The molecule has 0 aliphatic heterocycles. The van der Waals surface area contributed by atoms with Gasteiger partial charge in [-0.2, -0.15) is 0 Å². The third kappa shape index (κ3) is 4.87. The zero-order valence-electron chi connectivity index (χ0n) is 11.4. The smallest absolute Gasteiger partial charge is 0.404 e. The molecule has 0 saturated carbocycles. The highest BCUT2D eigenvalue weighted by atomic mass is 32.2. The predicted octanol–water partition coefficient (Wildman–Crippen LogP) is 2.02. The monoisotopic (exact) mass is 327 g/mol. The van der Waals surface area contributed by atoms with Gasteiger partial charge in [-0.05, 0) is 25.5 Å². The molecule has 1 unspecified atom stereocenters. The Kier molecular flexibility index (Phi) is 5.24. The van der Waals surface area contributed by atoms with Crippen LogP contribution in [0.15, 0.2) is 29.2 Å². The van der Waals surface area contributed by atoms with E-state index in [0.717, 1.165) is 12.1 Å². The Balaban J connectivity index is 3.21. The van der Waals surface area contributed by atoms with Crippen LogP contribution in [0.1, 0.15) is 20.3 Å². The summed E-state index contributed by atoms with van der Waals surface area (Å²) >= 11 is 0. The number of benzene rings is 1. The molecule has 0 aliphatic carbocycles. The van der Waals surface area contributed by atoms with Crippen molar-refractivity contribution in [2.45, 2.75) is 37.1 Å². The van der Waals surface area contributed by atoms with Crippen molar-refractivity contribution < 1.29 is 31.4 Å². The number of sulfonamides is 1. The molecule has 9 heteroatoms. The molecular weight excluding hydrogens is 311 g/mol. The Labute approximate surface area is 120 Å². The van der Waals surface area contributed by atoms with E-state index >= 15 is 0 Å². The minimum Gasteiger partial charge on any atom is -0.404 e. The number of aliphatic hydroxyl groups is 1. The van der Waals surface area contributed by atoms with Gasteiger partial charge in [0.25, 0.3) is 0 Å². The molecule has 5 nitrogen and oxygen atoms in total. The van der Waals surface area contributed by atoms with E-state index in [1.165, 1.54) is 19.1 Å². The van der Waals surface area contributed by atoms with Gasteiger partial charge in [0, 0.05) is 0 Å². The van der Waals surface area contributed by atoms with Crippen molar-refractivity contribution in [2.75, 3.05) is 6.61 Å². The molecule has 0 saturated heterocycles. The summed E-state index contributed by atoms with van der Waals surface area (Å²) in [6, 6.07) is 4.41. The largest absolute Gasteiger partial charge is 0.573 e. The van der Waals surface area contributed by atoms with Crippen molar-refractivity contribution in [3.05, 3.63) is 24.3 Å². The summed E-state index contributed by atoms with van der Waals surface area (Å²) in [6.07, 6.45) is -4.75. The lowest BCUT2D eigenvalue weighted by atomic mass is 10.0. The molecule has 0 fully saturated rings. The SMILES string of the molecule is CCC(C)(CO)NS(=O)(=O)c1ccccc1OC(F)(F)F. The van der Waals surface area contributed by atoms with Crippen LogP contribution >= 0.6 is 0 Å². The van der Waals surface area contributed by atoms with Crippen LogP contribution in [-0.2, 0) is 10.0 Å².